The zero-order valence-electron chi connectivity index (χ0n) is 15.5. The maximum absolute atomic E-state index is 13.0. The van der Waals surface area contributed by atoms with E-state index in [9.17, 15) is 9.59 Å². The van der Waals surface area contributed by atoms with Gasteiger partial charge in [-0.15, -0.1) is 0 Å². The highest BCUT2D eigenvalue weighted by Gasteiger charge is 2.45. The van der Waals surface area contributed by atoms with Gasteiger partial charge in [0, 0.05) is 5.92 Å². The van der Waals surface area contributed by atoms with Crippen LogP contribution in [0, 0.1) is 5.92 Å². The van der Waals surface area contributed by atoms with E-state index in [-0.39, 0.29) is 17.9 Å². The highest BCUT2D eigenvalue weighted by atomic mass is 16.6. The van der Waals surface area contributed by atoms with Crippen LogP contribution in [0.3, 0.4) is 0 Å². The molecule has 0 spiro atoms. The molecule has 0 unspecified atom stereocenters. The van der Waals surface area contributed by atoms with E-state index in [1.165, 1.54) is 4.90 Å². The van der Waals surface area contributed by atoms with E-state index < -0.39 is 11.7 Å². The van der Waals surface area contributed by atoms with Gasteiger partial charge in [-0.2, -0.15) is 0 Å². The number of amides is 2. The van der Waals surface area contributed by atoms with Crippen LogP contribution in [0.1, 0.15) is 44.4 Å². The molecule has 26 heavy (non-hydrogen) atoms. The number of hydrogen-bond donors (Lipinski definition) is 0. The Balaban J connectivity index is 1.87. The van der Waals surface area contributed by atoms with Crippen molar-refractivity contribution in [3.63, 3.8) is 0 Å². The summed E-state index contributed by atoms with van der Waals surface area (Å²) in [6.45, 7) is 5.43. The van der Waals surface area contributed by atoms with Crippen LogP contribution >= 0.6 is 0 Å². The van der Waals surface area contributed by atoms with Crippen molar-refractivity contribution >= 4 is 12.0 Å². The predicted octanol–water partition coefficient (Wildman–Crippen LogP) is 4.75. The summed E-state index contributed by atoms with van der Waals surface area (Å²) in [5.41, 5.74) is 1.42. The fourth-order valence-electron chi connectivity index (χ4n) is 3.38. The topological polar surface area (TPSA) is 46.6 Å². The second kappa shape index (κ2) is 7.32. The third kappa shape index (κ3) is 4.13. The Labute approximate surface area is 154 Å². The number of carbonyl (C=O) groups excluding carboxylic acids is 2. The molecule has 0 saturated carbocycles. The first-order valence-corrected chi connectivity index (χ1v) is 9.00. The lowest BCUT2D eigenvalue weighted by Crippen LogP contribution is -2.40. The van der Waals surface area contributed by atoms with Gasteiger partial charge in [0.15, 0.2) is 0 Å². The molecule has 1 heterocycles. The molecule has 0 aromatic heterocycles. The molecule has 0 radical (unpaired) electrons. The van der Waals surface area contributed by atoms with E-state index in [0.29, 0.717) is 12.8 Å². The van der Waals surface area contributed by atoms with Gasteiger partial charge in [0.1, 0.15) is 5.60 Å². The average Bonchev–Trinajstić information content (AvgIpc) is 2.92. The second-order valence-corrected chi connectivity index (χ2v) is 7.74. The fourth-order valence-corrected chi connectivity index (χ4v) is 3.38. The number of rotatable bonds is 3. The molecule has 2 atom stereocenters. The summed E-state index contributed by atoms with van der Waals surface area (Å²) in [4.78, 5) is 27.1. The van der Waals surface area contributed by atoms with Crippen molar-refractivity contribution in [3.8, 4) is 0 Å². The molecular formula is C22H25NO3. The molecule has 0 bridgehead atoms. The second-order valence-electron chi connectivity index (χ2n) is 7.74. The Bertz CT molecular complexity index is 765. The molecule has 3 rings (SSSR count). The van der Waals surface area contributed by atoms with Gasteiger partial charge in [-0.3, -0.25) is 4.79 Å². The van der Waals surface area contributed by atoms with Crippen LogP contribution in [0.2, 0.25) is 0 Å². The van der Waals surface area contributed by atoms with Crippen LogP contribution in [0.15, 0.2) is 60.7 Å². The zero-order valence-corrected chi connectivity index (χ0v) is 15.5. The number of likely N-dealkylation sites (tertiary alicyclic amines) is 1. The highest BCUT2D eigenvalue weighted by molar-refractivity contribution is 5.96. The zero-order chi connectivity index (χ0) is 18.7. The molecule has 2 amide bonds. The summed E-state index contributed by atoms with van der Waals surface area (Å²) in [6.07, 6.45) is 0.672. The monoisotopic (exact) mass is 351 g/mol. The lowest BCUT2D eigenvalue weighted by Gasteiger charge is -2.27. The smallest absolute Gasteiger partial charge is 0.417 e. The standard InChI is InChI=1S/C22H25NO3/c1-22(2,3)26-21(25)23-19(17-12-8-5-9-13-17)15-18(20(23)24)14-16-10-6-4-7-11-16/h4-13,18-19H,14-15H2,1-3H3/t18-,19+/m1/s1. The van der Waals surface area contributed by atoms with Gasteiger partial charge < -0.3 is 4.74 Å². The van der Waals surface area contributed by atoms with Crippen molar-refractivity contribution in [3.05, 3.63) is 71.8 Å². The fraction of sp³-hybridized carbons (Fsp3) is 0.364. The van der Waals surface area contributed by atoms with E-state index in [1.54, 1.807) is 0 Å². The molecule has 1 fully saturated rings. The van der Waals surface area contributed by atoms with Crippen LogP contribution in [0.4, 0.5) is 4.79 Å². The summed E-state index contributed by atoms with van der Waals surface area (Å²) in [7, 11) is 0. The molecule has 0 aliphatic carbocycles. The van der Waals surface area contributed by atoms with Crippen LogP contribution in [-0.2, 0) is 16.0 Å². The predicted molar refractivity (Wildman–Crippen MR) is 101 cm³/mol. The SMILES string of the molecule is CC(C)(C)OC(=O)N1C(=O)[C@H](Cc2ccccc2)C[C@H]1c1ccccc1. The normalized spacial score (nSPS) is 20.3. The minimum absolute atomic E-state index is 0.156. The number of benzene rings is 2. The average molecular weight is 351 g/mol. The summed E-state index contributed by atoms with van der Waals surface area (Å²) in [5, 5.41) is 0. The summed E-state index contributed by atoms with van der Waals surface area (Å²) >= 11 is 0. The Kier molecular flexibility index (Phi) is 5.12. The molecule has 1 aliphatic heterocycles. The van der Waals surface area contributed by atoms with E-state index in [1.807, 2.05) is 81.4 Å². The molecule has 2 aromatic carbocycles. The lowest BCUT2D eigenvalue weighted by molar-refractivity contribution is -0.131. The van der Waals surface area contributed by atoms with Crippen LogP contribution in [0.5, 0.6) is 0 Å². The van der Waals surface area contributed by atoms with E-state index in [4.69, 9.17) is 4.74 Å². The number of carbonyl (C=O) groups is 2. The third-order valence-corrected chi connectivity index (χ3v) is 4.51. The summed E-state index contributed by atoms with van der Waals surface area (Å²) in [5.74, 6) is -0.382. The summed E-state index contributed by atoms with van der Waals surface area (Å²) in [6, 6.07) is 19.3. The van der Waals surface area contributed by atoms with Gasteiger partial charge in [-0.05, 0) is 44.7 Å². The molecule has 136 valence electrons. The van der Waals surface area contributed by atoms with Gasteiger partial charge in [-0.1, -0.05) is 60.7 Å². The molecule has 1 aliphatic rings. The summed E-state index contributed by atoms with van der Waals surface area (Å²) < 4.78 is 5.51. The maximum atomic E-state index is 13.0. The van der Waals surface area contributed by atoms with Gasteiger partial charge in [-0.25, -0.2) is 9.69 Å². The van der Waals surface area contributed by atoms with Crippen molar-refractivity contribution in [2.24, 2.45) is 5.92 Å². The number of hydrogen-bond acceptors (Lipinski definition) is 3. The minimum atomic E-state index is -0.643. The largest absolute Gasteiger partial charge is 0.443 e. The van der Waals surface area contributed by atoms with Gasteiger partial charge in [0.25, 0.3) is 0 Å². The first-order chi connectivity index (χ1) is 12.3. The first kappa shape index (κ1) is 18.2. The minimum Gasteiger partial charge on any atom is -0.443 e. The molecular weight excluding hydrogens is 326 g/mol. The molecule has 4 heteroatoms. The van der Waals surface area contributed by atoms with Crippen LogP contribution in [0.25, 0.3) is 0 Å². The van der Waals surface area contributed by atoms with Gasteiger partial charge >= 0.3 is 6.09 Å². The molecule has 0 N–H and O–H groups in total. The van der Waals surface area contributed by atoms with Crippen molar-refractivity contribution in [1.82, 2.24) is 4.90 Å². The van der Waals surface area contributed by atoms with Crippen molar-refractivity contribution in [2.45, 2.75) is 45.3 Å². The van der Waals surface area contributed by atoms with E-state index >= 15 is 0 Å². The number of nitrogens with zero attached hydrogens (tertiary/aromatic N) is 1. The maximum Gasteiger partial charge on any atom is 0.417 e. The molecule has 2 aromatic rings. The third-order valence-electron chi connectivity index (χ3n) is 4.51. The van der Waals surface area contributed by atoms with Gasteiger partial charge in [0.2, 0.25) is 5.91 Å². The Hall–Kier alpha value is -2.62. The van der Waals surface area contributed by atoms with Crippen LogP contribution < -0.4 is 0 Å². The van der Waals surface area contributed by atoms with Gasteiger partial charge in [0.05, 0.1) is 6.04 Å². The first-order valence-electron chi connectivity index (χ1n) is 9.00. The highest BCUT2D eigenvalue weighted by Crippen LogP contribution is 2.38. The van der Waals surface area contributed by atoms with Crippen molar-refractivity contribution in [1.29, 1.82) is 0 Å². The van der Waals surface area contributed by atoms with Crippen molar-refractivity contribution < 1.29 is 14.3 Å². The van der Waals surface area contributed by atoms with Crippen molar-refractivity contribution in [2.75, 3.05) is 0 Å². The number of ether oxygens (including phenoxy) is 1. The Morgan fingerprint density at radius 3 is 2.19 bits per heavy atom. The molecule has 1 saturated heterocycles. The molecule has 4 nitrogen and oxygen atoms in total. The Morgan fingerprint density at radius 1 is 1.04 bits per heavy atom. The van der Waals surface area contributed by atoms with E-state index in [2.05, 4.69) is 0 Å². The lowest BCUT2D eigenvalue weighted by atomic mass is 9.94. The number of imide groups is 1. The van der Waals surface area contributed by atoms with E-state index in [0.717, 1.165) is 11.1 Å². The quantitative estimate of drug-likeness (QED) is 0.801. The van der Waals surface area contributed by atoms with Crippen LogP contribution in [-0.4, -0.2) is 22.5 Å². The Morgan fingerprint density at radius 2 is 1.62 bits per heavy atom.